The van der Waals surface area contributed by atoms with Crippen LogP contribution in [0.5, 0.6) is 0 Å². The van der Waals surface area contributed by atoms with E-state index < -0.39 is 0 Å². The second-order valence-electron chi connectivity index (χ2n) is 5.72. The molecule has 0 saturated heterocycles. The third kappa shape index (κ3) is 3.85. The van der Waals surface area contributed by atoms with Crippen molar-refractivity contribution in [2.75, 3.05) is 7.11 Å². The second kappa shape index (κ2) is 8.27. The molecule has 0 bridgehead atoms. The van der Waals surface area contributed by atoms with E-state index in [4.69, 9.17) is 4.74 Å². The number of hydrogen-bond donors (Lipinski definition) is 0. The number of hydrogen-bond acceptors (Lipinski definition) is 6. The van der Waals surface area contributed by atoms with E-state index in [0.29, 0.717) is 22.8 Å². The minimum Gasteiger partial charge on any atom is -0.468 e. The highest BCUT2D eigenvalue weighted by atomic mass is 32.2. The Kier molecular flexibility index (Phi) is 5.82. The van der Waals surface area contributed by atoms with Crippen LogP contribution in [0.4, 0.5) is 4.39 Å². The molecule has 3 aromatic rings. The maximum atomic E-state index is 13.2. The van der Waals surface area contributed by atoms with Crippen molar-refractivity contribution in [1.82, 2.24) is 19.7 Å². The molecule has 0 aliphatic heterocycles. The quantitative estimate of drug-likeness (QED) is 0.356. The van der Waals surface area contributed by atoms with E-state index in [2.05, 4.69) is 22.0 Å². The lowest BCUT2D eigenvalue weighted by Crippen LogP contribution is -2.19. The summed E-state index contributed by atoms with van der Waals surface area (Å²) in [6.45, 7) is 2.08. The first-order chi connectivity index (χ1) is 12.6. The lowest BCUT2D eigenvalue weighted by molar-refractivity contribution is -0.140. The number of carbonyl (C=O) groups is 1. The summed E-state index contributed by atoms with van der Waals surface area (Å²) < 4.78 is 19.7. The fourth-order valence-electron chi connectivity index (χ4n) is 2.57. The van der Waals surface area contributed by atoms with Gasteiger partial charge < -0.3 is 4.74 Å². The Morgan fingerprint density at radius 1 is 1.31 bits per heavy atom. The molecule has 0 radical (unpaired) electrons. The zero-order chi connectivity index (χ0) is 18.5. The Balaban J connectivity index is 1.94. The molecule has 2 aromatic heterocycles. The van der Waals surface area contributed by atoms with Gasteiger partial charge in [0, 0.05) is 0 Å². The molecule has 0 fully saturated rings. The molecule has 0 saturated carbocycles. The smallest absolute Gasteiger partial charge is 0.319 e. The van der Waals surface area contributed by atoms with Crippen molar-refractivity contribution in [3.05, 3.63) is 42.6 Å². The predicted molar refractivity (Wildman–Crippen MR) is 97.8 cm³/mol. The van der Waals surface area contributed by atoms with Crippen molar-refractivity contribution in [2.45, 2.75) is 36.5 Å². The summed E-state index contributed by atoms with van der Waals surface area (Å²) in [5, 5.41) is 5.44. The van der Waals surface area contributed by atoms with Gasteiger partial charge in [-0.1, -0.05) is 31.5 Å². The topological polar surface area (TPSA) is 69.9 Å². The van der Waals surface area contributed by atoms with Gasteiger partial charge in [0.05, 0.1) is 24.4 Å². The number of esters is 1. The first kappa shape index (κ1) is 18.3. The summed E-state index contributed by atoms with van der Waals surface area (Å²) in [4.78, 5) is 20.7. The summed E-state index contributed by atoms with van der Waals surface area (Å²) in [6.07, 6.45) is 5.74. The van der Waals surface area contributed by atoms with Gasteiger partial charge >= 0.3 is 5.97 Å². The van der Waals surface area contributed by atoms with Crippen molar-refractivity contribution in [3.63, 3.8) is 0 Å². The van der Waals surface area contributed by atoms with Crippen LogP contribution in [0.2, 0.25) is 0 Å². The van der Waals surface area contributed by atoms with Crippen molar-refractivity contribution < 1.29 is 13.9 Å². The van der Waals surface area contributed by atoms with Crippen LogP contribution in [0.3, 0.4) is 0 Å². The van der Waals surface area contributed by atoms with Gasteiger partial charge in [-0.05, 0) is 30.7 Å². The summed E-state index contributed by atoms with van der Waals surface area (Å²) in [6, 6.07) is 6.01. The van der Waals surface area contributed by atoms with Gasteiger partial charge in [-0.25, -0.2) is 19.0 Å². The molecule has 2 heterocycles. The van der Waals surface area contributed by atoms with Crippen LogP contribution in [0.25, 0.3) is 16.7 Å². The number of nitrogens with zero attached hydrogens (tertiary/aromatic N) is 4. The lowest BCUT2D eigenvalue weighted by atomic mass is 10.2. The Morgan fingerprint density at radius 3 is 2.77 bits per heavy atom. The van der Waals surface area contributed by atoms with Crippen LogP contribution in [-0.2, 0) is 9.53 Å². The second-order valence-corrected chi connectivity index (χ2v) is 6.91. The highest BCUT2D eigenvalue weighted by Crippen LogP contribution is 2.31. The van der Waals surface area contributed by atoms with Gasteiger partial charge in [-0.2, -0.15) is 5.10 Å². The number of ether oxygens (including phenoxy) is 1. The van der Waals surface area contributed by atoms with Crippen molar-refractivity contribution in [3.8, 4) is 5.69 Å². The molecule has 1 atom stereocenters. The van der Waals surface area contributed by atoms with Gasteiger partial charge in [-0.3, -0.25) is 4.79 Å². The van der Waals surface area contributed by atoms with Crippen molar-refractivity contribution in [2.24, 2.45) is 0 Å². The number of methoxy groups -OCH3 is 1. The molecule has 0 aliphatic carbocycles. The zero-order valence-electron chi connectivity index (χ0n) is 14.6. The molecule has 136 valence electrons. The third-order valence-corrected chi connectivity index (χ3v) is 5.20. The maximum Gasteiger partial charge on any atom is 0.319 e. The van der Waals surface area contributed by atoms with Crippen LogP contribution in [0, 0.1) is 5.82 Å². The van der Waals surface area contributed by atoms with E-state index in [9.17, 15) is 9.18 Å². The van der Waals surface area contributed by atoms with E-state index in [1.165, 1.54) is 37.3 Å². The van der Waals surface area contributed by atoms with E-state index in [1.54, 1.807) is 23.0 Å². The van der Waals surface area contributed by atoms with E-state index in [1.807, 2.05) is 0 Å². The molecular formula is C18H19FN4O2S. The van der Waals surface area contributed by atoms with E-state index in [-0.39, 0.29) is 17.0 Å². The van der Waals surface area contributed by atoms with Crippen LogP contribution in [-0.4, -0.2) is 38.1 Å². The molecule has 0 aliphatic rings. The lowest BCUT2D eigenvalue weighted by Gasteiger charge is -2.13. The summed E-state index contributed by atoms with van der Waals surface area (Å²) in [7, 11) is 1.39. The highest BCUT2D eigenvalue weighted by Gasteiger charge is 2.23. The van der Waals surface area contributed by atoms with Crippen LogP contribution in [0.15, 0.2) is 41.8 Å². The number of benzene rings is 1. The Morgan fingerprint density at radius 2 is 2.08 bits per heavy atom. The molecular weight excluding hydrogens is 355 g/mol. The summed E-state index contributed by atoms with van der Waals surface area (Å²) in [5.74, 6) is -0.575. The average Bonchev–Trinajstić information content (AvgIpc) is 3.10. The monoisotopic (exact) mass is 374 g/mol. The minimum atomic E-state index is -0.327. The standard InChI is InChI=1S/C18H19FN4O2S/c1-3-4-5-15(18(24)25-2)26-17-14-10-22-23(16(14)20-11-21-17)13-8-6-12(19)7-9-13/h6-11,15H,3-5H2,1-2H3. The van der Waals surface area contributed by atoms with Crippen molar-refractivity contribution in [1.29, 1.82) is 0 Å². The highest BCUT2D eigenvalue weighted by molar-refractivity contribution is 8.00. The summed E-state index contributed by atoms with van der Waals surface area (Å²) in [5.41, 5.74) is 1.31. The van der Waals surface area contributed by atoms with E-state index in [0.717, 1.165) is 18.2 Å². The van der Waals surface area contributed by atoms with E-state index >= 15 is 0 Å². The van der Waals surface area contributed by atoms with Crippen LogP contribution < -0.4 is 0 Å². The maximum absolute atomic E-state index is 13.2. The van der Waals surface area contributed by atoms with Gasteiger partial charge in [0.2, 0.25) is 0 Å². The van der Waals surface area contributed by atoms with Gasteiger partial charge in [0.15, 0.2) is 5.65 Å². The molecule has 1 unspecified atom stereocenters. The Hall–Kier alpha value is -2.48. The summed E-state index contributed by atoms with van der Waals surface area (Å²) >= 11 is 1.36. The van der Waals surface area contributed by atoms with Crippen LogP contribution >= 0.6 is 11.8 Å². The largest absolute Gasteiger partial charge is 0.468 e. The molecule has 0 amide bonds. The van der Waals surface area contributed by atoms with Gasteiger partial charge in [0.1, 0.15) is 22.4 Å². The SMILES string of the molecule is CCCCC(Sc1ncnc2c1cnn2-c1ccc(F)cc1)C(=O)OC. The zero-order valence-corrected chi connectivity index (χ0v) is 15.4. The molecule has 0 spiro atoms. The Bertz CT molecular complexity index is 898. The number of fused-ring (bicyclic) bond motifs is 1. The predicted octanol–water partition coefficient (Wildman–Crippen LogP) is 3.78. The normalized spacial score (nSPS) is 12.3. The number of carbonyl (C=O) groups excluding carboxylic acids is 1. The Labute approximate surface area is 154 Å². The van der Waals surface area contributed by atoms with Gasteiger partial charge in [-0.15, -0.1) is 0 Å². The first-order valence-corrected chi connectivity index (χ1v) is 9.21. The number of unbranched alkanes of at least 4 members (excludes halogenated alkanes) is 1. The molecule has 26 heavy (non-hydrogen) atoms. The fourth-order valence-corrected chi connectivity index (χ4v) is 3.69. The molecule has 3 rings (SSSR count). The van der Waals surface area contributed by atoms with Crippen LogP contribution in [0.1, 0.15) is 26.2 Å². The fraction of sp³-hybridized carbons (Fsp3) is 0.333. The number of halogens is 1. The number of aromatic nitrogens is 4. The minimum absolute atomic E-state index is 0.263. The molecule has 0 N–H and O–H groups in total. The van der Waals surface area contributed by atoms with Gasteiger partial charge in [0.25, 0.3) is 0 Å². The molecule has 8 heteroatoms. The number of thioether (sulfide) groups is 1. The third-order valence-electron chi connectivity index (χ3n) is 3.94. The van der Waals surface area contributed by atoms with Crippen molar-refractivity contribution >= 4 is 28.8 Å². The average molecular weight is 374 g/mol. The first-order valence-electron chi connectivity index (χ1n) is 8.33. The molecule has 6 nitrogen and oxygen atoms in total. The number of rotatable bonds is 7. The molecule has 1 aromatic carbocycles.